The number of rotatable bonds is 0. The molecule has 2 atom stereocenters. The van der Waals surface area contributed by atoms with E-state index >= 15 is 0 Å². The van der Waals surface area contributed by atoms with Crippen LogP contribution in [0.1, 0.15) is 6.92 Å². The average Bonchev–Trinajstić information content (AvgIpc) is 1.64. The van der Waals surface area contributed by atoms with Gasteiger partial charge in [0.25, 0.3) is 0 Å². The first kappa shape index (κ1) is 6.39. The van der Waals surface area contributed by atoms with Crippen LogP contribution in [0.4, 0.5) is 0 Å². The lowest BCUT2D eigenvalue weighted by molar-refractivity contribution is 0.251. The molecule has 1 fully saturated rings. The second-order valence-corrected chi connectivity index (χ2v) is 3.68. The summed E-state index contributed by atoms with van der Waals surface area (Å²) >= 11 is 1.63. The fourth-order valence-corrected chi connectivity index (χ4v) is 1.74. The van der Waals surface area contributed by atoms with E-state index in [0.29, 0.717) is 5.25 Å². The maximum absolute atomic E-state index is 8.98. The van der Waals surface area contributed by atoms with Gasteiger partial charge in [-0.1, -0.05) is 6.92 Å². The van der Waals surface area contributed by atoms with Crippen molar-refractivity contribution < 1.29 is 5.11 Å². The molecule has 1 saturated heterocycles. The predicted octanol–water partition coefficient (Wildman–Crippen LogP) is 0.0297. The molecular formula is C5H11NOS. The van der Waals surface area contributed by atoms with Crippen LogP contribution in [0.2, 0.25) is 0 Å². The summed E-state index contributed by atoms with van der Waals surface area (Å²) in [6, 6.07) is 0. The fraction of sp³-hybridized carbons (Fsp3) is 1.00. The van der Waals surface area contributed by atoms with Gasteiger partial charge in [-0.2, -0.15) is 0 Å². The molecule has 1 heterocycles. The highest BCUT2D eigenvalue weighted by atomic mass is 32.2. The van der Waals surface area contributed by atoms with E-state index in [1.54, 1.807) is 11.8 Å². The van der Waals surface area contributed by atoms with Crippen molar-refractivity contribution in [3.8, 4) is 0 Å². The van der Waals surface area contributed by atoms with Crippen molar-refractivity contribution in [3.05, 3.63) is 0 Å². The van der Waals surface area contributed by atoms with Crippen LogP contribution in [0.3, 0.4) is 0 Å². The third-order valence-corrected chi connectivity index (χ3v) is 2.25. The summed E-state index contributed by atoms with van der Waals surface area (Å²) < 4.78 is 0. The molecule has 0 aromatic heterocycles. The molecule has 0 aromatic carbocycles. The first-order valence-corrected chi connectivity index (χ1v) is 3.77. The Morgan fingerprint density at radius 3 is 2.75 bits per heavy atom. The van der Waals surface area contributed by atoms with Crippen LogP contribution in [0.25, 0.3) is 0 Å². The van der Waals surface area contributed by atoms with E-state index in [9.17, 15) is 0 Å². The lowest BCUT2D eigenvalue weighted by atomic mass is 10.4. The maximum atomic E-state index is 8.98. The molecule has 0 bridgehead atoms. The Morgan fingerprint density at radius 2 is 2.38 bits per heavy atom. The molecule has 0 aliphatic carbocycles. The number of aliphatic hydroxyl groups excluding tert-OH is 1. The largest absolute Gasteiger partial charge is 0.381 e. The fourth-order valence-electron chi connectivity index (χ4n) is 0.774. The molecule has 1 aliphatic rings. The number of hydrogen-bond acceptors (Lipinski definition) is 3. The van der Waals surface area contributed by atoms with E-state index in [2.05, 4.69) is 12.2 Å². The molecule has 1 aliphatic heterocycles. The van der Waals surface area contributed by atoms with Gasteiger partial charge in [-0.05, 0) is 0 Å². The first-order valence-electron chi connectivity index (χ1n) is 2.83. The number of hydrogen-bond donors (Lipinski definition) is 2. The topological polar surface area (TPSA) is 32.3 Å². The van der Waals surface area contributed by atoms with Crippen LogP contribution in [0, 0.1) is 0 Å². The van der Waals surface area contributed by atoms with Crippen LogP contribution in [0.15, 0.2) is 0 Å². The second-order valence-electron chi connectivity index (χ2n) is 2.06. The standard InChI is InChI=1S/C5H11NOS/c1-4-2-6-3-5(7)8-4/h4-7H,2-3H2,1H3. The van der Waals surface area contributed by atoms with Gasteiger partial charge in [0.1, 0.15) is 5.44 Å². The summed E-state index contributed by atoms with van der Waals surface area (Å²) in [5.41, 5.74) is -0.182. The van der Waals surface area contributed by atoms with Crippen LogP contribution < -0.4 is 5.32 Å². The van der Waals surface area contributed by atoms with E-state index in [0.717, 1.165) is 13.1 Å². The Morgan fingerprint density at radius 1 is 1.62 bits per heavy atom. The minimum absolute atomic E-state index is 0.182. The number of nitrogens with one attached hydrogen (secondary N) is 1. The summed E-state index contributed by atoms with van der Waals surface area (Å²) in [5, 5.41) is 12.7. The molecule has 2 unspecified atom stereocenters. The minimum Gasteiger partial charge on any atom is -0.381 e. The van der Waals surface area contributed by atoms with Crippen LogP contribution in [-0.4, -0.2) is 28.9 Å². The zero-order valence-electron chi connectivity index (χ0n) is 4.92. The summed E-state index contributed by atoms with van der Waals surface area (Å²) in [5.74, 6) is 0. The molecule has 1 rings (SSSR count). The van der Waals surface area contributed by atoms with Gasteiger partial charge in [0, 0.05) is 18.3 Å². The van der Waals surface area contributed by atoms with E-state index in [1.807, 2.05) is 0 Å². The smallest absolute Gasteiger partial charge is 0.112 e. The van der Waals surface area contributed by atoms with Crippen molar-refractivity contribution in [1.29, 1.82) is 0 Å². The van der Waals surface area contributed by atoms with Crippen LogP contribution >= 0.6 is 11.8 Å². The zero-order chi connectivity index (χ0) is 5.98. The van der Waals surface area contributed by atoms with Crippen LogP contribution in [0.5, 0.6) is 0 Å². The highest BCUT2D eigenvalue weighted by Gasteiger charge is 2.14. The Bertz CT molecular complexity index is 70.8. The zero-order valence-corrected chi connectivity index (χ0v) is 5.74. The van der Waals surface area contributed by atoms with Gasteiger partial charge in [-0.15, -0.1) is 11.8 Å². The monoisotopic (exact) mass is 133 g/mol. The van der Waals surface area contributed by atoms with Gasteiger partial charge in [-0.25, -0.2) is 0 Å². The van der Waals surface area contributed by atoms with E-state index in [1.165, 1.54) is 0 Å². The van der Waals surface area contributed by atoms with Crippen molar-refractivity contribution in [1.82, 2.24) is 5.32 Å². The third-order valence-electron chi connectivity index (χ3n) is 1.14. The molecule has 0 radical (unpaired) electrons. The van der Waals surface area contributed by atoms with Gasteiger partial charge >= 0.3 is 0 Å². The van der Waals surface area contributed by atoms with E-state index < -0.39 is 0 Å². The Labute approximate surface area is 53.7 Å². The van der Waals surface area contributed by atoms with Gasteiger partial charge in [0.15, 0.2) is 0 Å². The van der Waals surface area contributed by atoms with Crippen LogP contribution in [-0.2, 0) is 0 Å². The molecule has 3 heteroatoms. The first-order chi connectivity index (χ1) is 3.79. The van der Waals surface area contributed by atoms with Crippen molar-refractivity contribution in [2.75, 3.05) is 13.1 Å². The van der Waals surface area contributed by atoms with Crippen molar-refractivity contribution in [2.24, 2.45) is 0 Å². The van der Waals surface area contributed by atoms with Crippen molar-refractivity contribution in [3.63, 3.8) is 0 Å². The number of aliphatic hydroxyl groups is 1. The molecule has 0 saturated carbocycles. The van der Waals surface area contributed by atoms with Crippen molar-refractivity contribution in [2.45, 2.75) is 17.6 Å². The van der Waals surface area contributed by atoms with Crippen molar-refractivity contribution >= 4 is 11.8 Å². The quantitative estimate of drug-likeness (QED) is 0.489. The van der Waals surface area contributed by atoms with E-state index in [-0.39, 0.29) is 5.44 Å². The predicted molar refractivity (Wildman–Crippen MR) is 35.9 cm³/mol. The molecule has 2 nitrogen and oxygen atoms in total. The molecule has 2 N–H and O–H groups in total. The summed E-state index contributed by atoms with van der Waals surface area (Å²) in [6.07, 6.45) is 0. The molecule has 0 spiro atoms. The minimum atomic E-state index is -0.182. The highest BCUT2D eigenvalue weighted by Crippen LogP contribution is 2.17. The average molecular weight is 133 g/mol. The Kier molecular flexibility index (Phi) is 2.16. The third kappa shape index (κ3) is 1.65. The van der Waals surface area contributed by atoms with Gasteiger partial charge in [0.2, 0.25) is 0 Å². The van der Waals surface area contributed by atoms with E-state index in [4.69, 9.17) is 5.11 Å². The summed E-state index contributed by atoms with van der Waals surface area (Å²) in [7, 11) is 0. The number of β-amino-alcohol motifs (C(OH)–C–C–N with tert-alkyl or cyclic N) is 1. The lowest BCUT2D eigenvalue weighted by Gasteiger charge is -2.22. The Hall–Kier alpha value is 0.270. The number of thioether (sulfide) groups is 1. The molecule has 8 heavy (non-hydrogen) atoms. The second kappa shape index (κ2) is 2.71. The Balaban J connectivity index is 2.23. The van der Waals surface area contributed by atoms with Gasteiger partial charge in [0.05, 0.1) is 0 Å². The summed E-state index contributed by atoms with van der Waals surface area (Å²) in [4.78, 5) is 0. The normalized spacial score (nSPS) is 39.8. The lowest BCUT2D eigenvalue weighted by Crippen LogP contribution is -2.36. The maximum Gasteiger partial charge on any atom is 0.112 e. The summed E-state index contributed by atoms with van der Waals surface area (Å²) in [6.45, 7) is 3.89. The SMILES string of the molecule is CC1CNCC(O)S1. The van der Waals surface area contributed by atoms with Gasteiger partial charge in [-0.3, -0.25) is 0 Å². The highest BCUT2D eigenvalue weighted by molar-refractivity contribution is 8.00. The molecule has 48 valence electrons. The van der Waals surface area contributed by atoms with Gasteiger partial charge < -0.3 is 10.4 Å². The molecule has 0 amide bonds. The molecule has 0 aromatic rings. The molecular weight excluding hydrogens is 122 g/mol.